The molecule has 0 unspecified atom stereocenters. The summed E-state index contributed by atoms with van der Waals surface area (Å²) in [4.78, 5) is 17.0. The summed E-state index contributed by atoms with van der Waals surface area (Å²) in [5.41, 5.74) is 3.19. The molecule has 0 atom stereocenters. The van der Waals surface area contributed by atoms with Crippen LogP contribution in [0.1, 0.15) is 22.8 Å². The number of amides is 1. The highest BCUT2D eigenvalue weighted by Crippen LogP contribution is 2.21. The molecular formula is C19H20N4O2. The monoisotopic (exact) mass is 336 g/mol. The lowest BCUT2D eigenvalue weighted by atomic mass is 10.1. The minimum absolute atomic E-state index is 0.176. The van der Waals surface area contributed by atoms with Crippen molar-refractivity contribution in [3.63, 3.8) is 0 Å². The van der Waals surface area contributed by atoms with Gasteiger partial charge >= 0.3 is 0 Å². The number of pyridine rings is 1. The molecule has 0 aliphatic heterocycles. The molecular weight excluding hydrogens is 316 g/mol. The standard InChI is InChI=1S/C19H20N4O2/c1-3-25-17-9-5-4-8-16(17)19(24)21-11-14-7-6-10-20-18(14)15-12-22-23(2)13-15/h4-10,12-13H,3,11H2,1-2H3,(H,21,24). The van der Waals surface area contributed by atoms with Gasteiger partial charge in [0.25, 0.3) is 5.91 Å². The second kappa shape index (κ2) is 7.61. The molecule has 0 aliphatic carbocycles. The number of hydrogen-bond acceptors (Lipinski definition) is 4. The molecule has 1 amide bonds. The van der Waals surface area contributed by atoms with Crippen LogP contribution in [0.25, 0.3) is 11.3 Å². The number of para-hydroxylation sites is 1. The molecule has 0 saturated heterocycles. The molecule has 2 aromatic heterocycles. The Morgan fingerprint density at radius 2 is 2.08 bits per heavy atom. The number of aryl methyl sites for hydroxylation is 1. The lowest BCUT2D eigenvalue weighted by molar-refractivity contribution is 0.0947. The summed E-state index contributed by atoms with van der Waals surface area (Å²) in [5.74, 6) is 0.409. The van der Waals surface area contributed by atoms with E-state index in [9.17, 15) is 4.79 Å². The van der Waals surface area contributed by atoms with Gasteiger partial charge in [-0.25, -0.2) is 0 Å². The summed E-state index contributed by atoms with van der Waals surface area (Å²) < 4.78 is 7.25. The Bertz CT molecular complexity index is 873. The highest BCUT2D eigenvalue weighted by Gasteiger charge is 2.13. The number of carbonyl (C=O) groups excluding carboxylic acids is 1. The van der Waals surface area contributed by atoms with E-state index in [-0.39, 0.29) is 5.91 Å². The smallest absolute Gasteiger partial charge is 0.255 e. The molecule has 6 heteroatoms. The second-order valence-corrected chi connectivity index (χ2v) is 5.53. The van der Waals surface area contributed by atoms with Crippen molar-refractivity contribution in [3.8, 4) is 17.0 Å². The number of carbonyl (C=O) groups is 1. The van der Waals surface area contributed by atoms with Crippen molar-refractivity contribution in [1.29, 1.82) is 0 Å². The van der Waals surface area contributed by atoms with Gasteiger partial charge in [-0.1, -0.05) is 18.2 Å². The quantitative estimate of drug-likeness (QED) is 0.751. The van der Waals surface area contributed by atoms with E-state index >= 15 is 0 Å². The first-order chi connectivity index (χ1) is 12.2. The normalized spacial score (nSPS) is 10.5. The number of nitrogens with zero attached hydrogens (tertiary/aromatic N) is 3. The van der Waals surface area contributed by atoms with Crippen LogP contribution in [-0.2, 0) is 13.6 Å². The molecule has 25 heavy (non-hydrogen) atoms. The third-order valence-electron chi connectivity index (χ3n) is 3.74. The predicted octanol–water partition coefficient (Wildman–Crippen LogP) is 2.81. The van der Waals surface area contributed by atoms with Crippen molar-refractivity contribution in [2.24, 2.45) is 7.05 Å². The topological polar surface area (TPSA) is 69.0 Å². The Balaban J connectivity index is 1.77. The molecule has 6 nitrogen and oxygen atoms in total. The van der Waals surface area contributed by atoms with E-state index in [2.05, 4.69) is 15.4 Å². The lowest BCUT2D eigenvalue weighted by Gasteiger charge is -2.11. The fourth-order valence-electron chi connectivity index (χ4n) is 2.59. The number of ether oxygens (including phenoxy) is 1. The fourth-order valence-corrected chi connectivity index (χ4v) is 2.59. The minimum Gasteiger partial charge on any atom is -0.493 e. The number of hydrogen-bond donors (Lipinski definition) is 1. The van der Waals surface area contributed by atoms with Crippen LogP contribution in [0, 0.1) is 0 Å². The Kier molecular flexibility index (Phi) is 5.09. The first-order valence-corrected chi connectivity index (χ1v) is 8.12. The first-order valence-electron chi connectivity index (χ1n) is 8.12. The van der Waals surface area contributed by atoms with Gasteiger partial charge in [0.1, 0.15) is 5.75 Å². The summed E-state index contributed by atoms with van der Waals surface area (Å²) >= 11 is 0. The van der Waals surface area contributed by atoms with Crippen molar-refractivity contribution < 1.29 is 9.53 Å². The van der Waals surface area contributed by atoms with E-state index in [0.717, 1.165) is 16.8 Å². The fraction of sp³-hybridized carbons (Fsp3) is 0.211. The molecule has 0 bridgehead atoms. The molecule has 0 aliphatic rings. The average Bonchev–Trinajstić information content (AvgIpc) is 3.07. The van der Waals surface area contributed by atoms with Crippen molar-refractivity contribution in [3.05, 3.63) is 66.1 Å². The maximum Gasteiger partial charge on any atom is 0.255 e. The van der Waals surface area contributed by atoms with Crippen molar-refractivity contribution in [2.75, 3.05) is 6.61 Å². The van der Waals surface area contributed by atoms with Gasteiger partial charge in [-0.15, -0.1) is 0 Å². The van der Waals surface area contributed by atoms with Crippen molar-refractivity contribution in [2.45, 2.75) is 13.5 Å². The summed E-state index contributed by atoms with van der Waals surface area (Å²) in [6.45, 7) is 2.78. The molecule has 128 valence electrons. The predicted molar refractivity (Wildman–Crippen MR) is 95.2 cm³/mol. The van der Waals surface area contributed by atoms with Gasteiger partial charge in [0.15, 0.2) is 0 Å². The Labute approximate surface area is 146 Å². The highest BCUT2D eigenvalue weighted by atomic mass is 16.5. The van der Waals surface area contributed by atoms with E-state index in [1.165, 1.54) is 0 Å². The Morgan fingerprint density at radius 3 is 2.84 bits per heavy atom. The average molecular weight is 336 g/mol. The third kappa shape index (κ3) is 3.85. The number of aromatic nitrogens is 3. The number of nitrogens with one attached hydrogen (secondary N) is 1. The molecule has 0 radical (unpaired) electrons. The van der Waals surface area contributed by atoms with Crippen LogP contribution in [-0.4, -0.2) is 27.3 Å². The van der Waals surface area contributed by atoms with Gasteiger partial charge in [0.05, 0.1) is 24.1 Å². The maximum atomic E-state index is 12.5. The second-order valence-electron chi connectivity index (χ2n) is 5.53. The van der Waals surface area contributed by atoms with E-state index in [0.29, 0.717) is 24.5 Å². The molecule has 1 N–H and O–H groups in total. The van der Waals surface area contributed by atoms with Crippen LogP contribution in [0.4, 0.5) is 0 Å². The summed E-state index contributed by atoms with van der Waals surface area (Å²) in [7, 11) is 1.86. The zero-order chi connectivity index (χ0) is 17.6. The number of rotatable bonds is 6. The molecule has 1 aromatic carbocycles. The SMILES string of the molecule is CCOc1ccccc1C(=O)NCc1cccnc1-c1cnn(C)c1. The Hall–Kier alpha value is -3.15. The van der Waals surface area contributed by atoms with E-state index in [1.54, 1.807) is 29.2 Å². The molecule has 0 saturated carbocycles. The van der Waals surface area contributed by atoms with Crippen molar-refractivity contribution in [1.82, 2.24) is 20.1 Å². The third-order valence-corrected chi connectivity index (χ3v) is 3.74. The number of benzene rings is 1. The summed E-state index contributed by atoms with van der Waals surface area (Å²) in [6.07, 6.45) is 5.40. The largest absolute Gasteiger partial charge is 0.493 e. The lowest BCUT2D eigenvalue weighted by Crippen LogP contribution is -2.24. The van der Waals surface area contributed by atoms with E-state index in [4.69, 9.17) is 4.74 Å². The first kappa shape index (κ1) is 16.7. The highest BCUT2D eigenvalue weighted by molar-refractivity contribution is 5.96. The van der Waals surface area contributed by atoms with Crippen LogP contribution in [0.15, 0.2) is 55.0 Å². The van der Waals surface area contributed by atoms with Gasteiger partial charge in [-0.2, -0.15) is 5.10 Å². The molecule has 3 aromatic rings. The Morgan fingerprint density at radius 1 is 1.24 bits per heavy atom. The van der Waals surface area contributed by atoms with E-state index < -0.39 is 0 Å². The van der Waals surface area contributed by atoms with Gasteiger partial charge in [-0.3, -0.25) is 14.5 Å². The van der Waals surface area contributed by atoms with Crippen LogP contribution >= 0.6 is 0 Å². The van der Waals surface area contributed by atoms with Crippen molar-refractivity contribution >= 4 is 5.91 Å². The van der Waals surface area contributed by atoms with E-state index in [1.807, 2.05) is 44.4 Å². The van der Waals surface area contributed by atoms with Crippen LogP contribution < -0.4 is 10.1 Å². The van der Waals surface area contributed by atoms with Gasteiger partial charge < -0.3 is 10.1 Å². The van der Waals surface area contributed by atoms with Crippen LogP contribution in [0.2, 0.25) is 0 Å². The van der Waals surface area contributed by atoms with Crippen LogP contribution in [0.3, 0.4) is 0 Å². The maximum absolute atomic E-state index is 12.5. The molecule has 0 spiro atoms. The summed E-state index contributed by atoms with van der Waals surface area (Å²) in [6, 6.07) is 11.0. The van der Waals surface area contributed by atoms with Crippen LogP contribution in [0.5, 0.6) is 5.75 Å². The molecule has 3 rings (SSSR count). The minimum atomic E-state index is -0.176. The molecule has 2 heterocycles. The molecule has 0 fully saturated rings. The van der Waals surface area contributed by atoms with Gasteiger partial charge in [-0.05, 0) is 30.7 Å². The summed E-state index contributed by atoms with van der Waals surface area (Å²) in [5, 5.41) is 7.13. The van der Waals surface area contributed by atoms with Gasteiger partial charge in [0.2, 0.25) is 0 Å². The zero-order valence-corrected chi connectivity index (χ0v) is 14.3. The zero-order valence-electron chi connectivity index (χ0n) is 14.3. The van der Waals surface area contributed by atoms with Gasteiger partial charge in [0, 0.05) is 31.5 Å².